The maximum absolute atomic E-state index is 11.2. The number of nitrogens with zero attached hydrogens (tertiary/aromatic N) is 2. The van der Waals surface area contributed by atoms with E-state index in [0.717, 1.165) is 58.5 Å². The minimum atomic E-state index is -0.0677. The average molecular weight is 286 g/mol. The van der Waals surface area contributed by atoms with E-state index < -0.39 is 0 Å². The lowest BCUT2D eigenvalue weighted by atomic mass is 10.2. The smallest absolute Gasteiger partial charge is 0.305 e. The maximum atomic E-state index is 11.2. The van der Waals surface area contributed by atoms with E-state index in [-0.39, 0.29) is 12.6 Å². The molecule has 0 aromatic rings. The van der Waals surface area contributed by atoms with Crippen molar-refractivity contribution in [2.75, 3.05) is 52.5 Å². The first kappa shape index (κ1) is 17.4. The number of hydrogen-bond donors (Lipinski definition) is 1. The molecule has 1 heterocycles. The van der Waals surface area contributed by atoms with Gasteiger partial charge < -0.3 is 14.7 Å². The summed E-state index contributed by atoms with van der Waals surface area (Å²) in [4.78, 5) is 16.0. The summed E-state index contributed by atoms with van der Waals surface area (Å²) in [5.41, 5.74) is 0. The molecule has 1 fully saturated rings. The molecule has 0 aromatic carbocycles. The van der Waals surface area contributed by atoms with Crippen LogP contribution in [0.3, 0.4) is 0 Å². The Bertz CT molecular complexity index is 262. The van der Waals surface area contributed by atoms with Crippen LogP contribution in [0, 0.1) is 0 Å². The van der Waals surface area contributed by atoms with Crippen LogP contribution in [0.4, 0.5) is 0 Å². The zero-order valence-electron chi connectivity index (χ0n) is 12.9. The average Bonchev–Trinajstić information content (AvgIpc) is 2.65. The van der Waals surface area contributed by atoms with Gasteiger partial charge in [-0.25, -0.2) is 0 Å². The van der Waals surface area contributed by atoms with Crippen LogP contribution < -0.4 is 0 Å². The predicted octanol–water partition coefficient (Wildman–Crippen LogP) is 1.11. The van der Waals surface area contributed by atoms with Gasteiger partial charge in [0, 0.05) is 26.1 Å². The van der Waals surface area contributed by atoms with Crippen LogP contribution >= 0.6 is 0 Å². The Morgan fingerprint density at radius 3 is 2.40 bits per heavy atom. The fourth-order valence-corrected chi connectivity index (χ4v) is 2.63. The zero-order valence-corrected chi connectivity index (χ0v) is 12.9. The van der Waals surface area contributed by atoms with Crippen molar-refractivity contribution in [2.24, 2.45) is 0 Å². The van der Waals surface area contributed by atoms with Crippen LogP contribution in [-0.4, -0.2) is 73.4 Å². The number of ether oxygens (including phenoxy) is 1. The molecule has 0 saturated carbocycles. The van der Waals surface area contributed by atoms with E-state index in [4.69, 9.17) is 9.84 Å². The fraction of sp³-hybridized carbons (Fsp3) is 0.933. The Labute approximate surface area is 122 Å². The summed E-state index contributed by atoms with van der Waals surface area (Å²) in [7, 11) is 0. The molecule has 118 valence electrons. The summed E-state index contributed by atoms with van der Waals surface area (Å²) in [6.45, 7) is 8.91. The maximum Gasteiger partial charge on any atom is 0.305 e. The number of rotatable bonds is 9. The number of aliphatic hydroxyl groups is 1. The Hall–Kier alpha value is -0.650. The minimum absolute atomic E-state index is 0.0677. The second-order valence-corrected chi connectivity index (χ2v) is 5.38. The third-order valence-electron chi connectivity index (χ3n) is 3.76. The summed E-state index contributed by atoms with van der Waals surface area (Å²) in [5.74, 6) is -0.0677. The van der Waals surface area contributed by atoms with Crippen LogP contribution in [-0.2, 0) is 9.53 Å². The molecule has 0 unspecified atom stereocenters. The normalized spacial score (nSPS) is 17.9. The van der Waals surface area contributed by atoms with Gasteiger partial charge in [0.05, 0.1) is 13.2 Å². The van der Waals surface area contributed by atoms with Gasteiger partial charge in [-0.2, -0.15) is 0 Å². The lowest BCUT2D eigenvalue weighted by molar-refractivity contribution is -0.143. The van der Waals surface area contributed by atoms with Gasteiger partial charge in [-0.05, 0) is 45.8 Å². The highest BCUT2D eigenvalue weighted by Crippen LogP contribution is 2.07. The van der Waals surface area contributed by atoms with E-state index in [1.165, 1.54) is 6.42 Å². The van der Waals surface area contributed by atoms with Crippen LogP contribution in [0.5, 0.6) is 0 Å². The molecule has 1 N–H and O–H groups in total. The van der Waals surface area contributed by atoms with Crippen molar-refractivity contribution in [3.05, 3.63) is 0 Å². The Balaban J connectivity index is 2.03. The number of hydrogen-bond acceptors (Lipinski definition) is 5. The van der Waals surface area contributed by atoms with Crippen molar-refractivity contribution in [1.82, 2.24) is 9.80 Å². The van der Waals surface area contributed by atoms with Crippen LogP contribution in [0.1, 0.15) is 39.0 Å². The van der Waals surface area contributed by atoms with Crippen molar-refractivity contribution in [1.29, 1.82) is 0 Å². The summed E-state index contributed by atoms with van der Waals surface area (Å²) in [6.07, 6.45) is 4.92. The molecule has 0 aliphatic carbocycles. The van der Waals surface area contributed by atoms with Gasteiger partial charge >= 0.3 is 5.97 Å². The minimum Gasteiger partial charge on any atom is -0.466 e. The molecule has 20 heavy (non-hydrogen) atoms. The van der Waals surface area contributed by atoms with E-state index >= 15 is 0 Å². The molecule has 0 aromatic heterocycles. The number of esters is 1. The number of β-amino-alcohol motifs (C(OH)–C–C–N with tert-alkyl or cyclic N) is 1. The molecule has 5 heteroatoms. The molecule has 5 nitrogen and oxygen atoms in total. The fourth-order valence-electron chi connectivity index (χ4n) is 2.63. The molecule has 0 amide bonds. The molecule has 1 rings (SSSR count). The lowest BCUT2D eigenvalue weighted by Gasteiger charge is -2.21. The van der Waals surface area contributed by atoms with E-state index in [9.17, 15) is 4.79 Å². The first-order valence-corrected chi connectivity index (χ1v) is 7.97. The topological polar surface area (TPSA) is 53.0 Å². The Kier molecular flexibility index (Phi) is 9.62. The Morgan fingerprint density at radius 1 is 1.05 bits per heavy atom. The molecular formula is C15H30N2O3. The van der Waals surface area contributed by atoms with Gasteiger partial charge in [0.1, 0.15) is 0 Å². The van der Waals surface area contributed by atoms with Gasteiger partial charge in [0.15, 0.2) is 0 Å². The number of aliphatic hydroxyl groups excluding tert-OH is 1. The van der Waals surface area contributed by atoms with E-state index in [0.29, 0.717) is 13.0 Å². The second-order valence-electron chi connectivity index (χ2n) is 5.38. The van der Waals surface area contributed by atoms with Gasteiger partial charge in [-0.1, -0.05) is 6.42 Å². The van der Waals surface area contributed by atoms with E-state index in [1.54, 1.807) is 0 Å². The number of carbonyl (C=O) groups is 1. The quantitative estimate of drug-likeness (QED) is 0.508. The van der Waals surface area contributed by atoms with Gasteiger partial charge in [0.2, 0.25) is 0 Å². The predicted molar refractivity (Wildman–Crippen MR) is 79.7 cm³/mol. The highest BCUT2D eigenvalue weighted by Gasteiger charge is 2.13. The number of unbranched alkanes of at least 4 members (excludes halogenated alkanes) is 2. The summed E-state index contributed by atoms with van der Waals surface area (Å²) < 4.78 is 4.91. The first-order valence-electron chi connectivity index (χ1n) is 7.97. The van der Waals surface area contributed by atoms with Crippen LogP contribution in [0.25, 0.3) is 0 Å². The molecule has 0 bridgehead atoms. The highest BCUT2D eigenvalue weighted by molar-refractivity contribution is 5.69. The van der Waals surface area contributed by atoms with Crippen molar-refractivity contribution in [3.8, 4) is 0 Å². The zero-order chi connectivity index (χ0) is 14.6. The van der Waals surface area contributed by atoms with Gasteiger partial charge in [-0.15, -0.1) is 0 Å². The molecule has 0 radical (unpaired) electrons. The number of carbonyl (C=O) groups excluding carboxylic acids is 1. The van der Waals surface area contributed by atoms with E-state index in [1.807, 2.05) is 6.92 Å². The van der Waals surface area contributed by atoms with Crippen molar-refractivity contribution < 1.29 is 14.6 Å². The molecule has 0 atom stereocenters. The molecular weight excluding hydrogens is 256 g/mol. The van der Waals surface area contributed by atoms with Crippen LogP contribution in [0.15, 0.2) is 0 Å². The SMILES string of the molecule is CCOC(=O)CCCCCN1CCCN(CCO)CC1. The van der Waals surface area contributed by atoms with Gasteiger partial charge in [-0.3, -0.25) is 9.69 Å². The van der Waals surface area contributed by atoms with Gasteiger partial charge in [0.25, 0.3) is 0 Å². The van der Waals surface area contributed by atoms with Crippen LogP contribution in [0.2, 0.25) is 0 Å². The van der Waals surface area contributed by atoms with Crippen molar-refractivity contribution in [3.63, 3.8) is 0 Å². The highest BCUT2D eigenvalue weighted by atomic mass is 16.5. The standard InChI is InChI=1S/C15H30N2O3/c1-2-20-15(19)7-4-3-5-8-16-9-6-10-17(12-11-16)13-14-18/h18H,2-14H2,1H3. The largest absolute Gasteiger partial charge is 0.466 e. The first-order chi connectivity index (χ1) is 9.76. The Morgan fingerprint density at radius 2 is 1.75 bits per heavy atom. The lowest BCUT2D eigenvalue weighted by Crippen LogP contribution is -2.32. The summed E-state index contributed by atoms with van der Waals surface area (Å²) in [5, 5.41) is 8.97. The molecule has 1 aliphatic rings. The monoisotopic (exact) mass is 286 g/mol. The third kappa shape index (κ3) is 7.82. The third-order valence-corrected chi connectivity index (χ3v) is 3.76. The molecule has 1 saturated heterocycles. The summed E-state index contributed by atoms with van der Waals surface area (Å²) >= 11 is 0. The van der Waals surface area contributed by atoms with Crippen molar-refractivity contribution in [2.45, 2.75) is 39.0 Å². The summed E-state index contributed by atoms with van der Waals surface area (Å²) in [6, 6.07) is 0. The van der Waals surface area contributed by atoms with E-state index in [2.05, 4.69) is 9.80 Å². The molecule has 0 spiro atoms. The molecule has 1 aliphatic heterocycles. The second kappa shape index (κ2) is 11.1. The van der Waals surface area contributed by atoms with Crippen molar-refractivity contribution >= 4 is 5.97 Å².